The number of carboxylic acids is 1. The molecule has 1 rings (SSSR count). The summed E-state index contributed by atoms with van der Waals surface area (Å²) < 4.78 is 10.1. The van der Waals surface area contributed by atoms with E-state index in [0.29, 0.717) is 39.5 Å². The Morgan fingerprint density at radius 2 is 2.05 bits per heavy atom. The molecule has 1 aliphatic rings. The smallest absolute Gasteiger partial charge is 0.317 e. The average molecular weight is 274 g/mol. The van der Waals surface area contributed by atoms with Gasteiger partial charge in [0.1, 0.15) is 0 Å². The number of ether oxygens (including phenoxy) is 2. The zero-order valence-corrected chi connectivity index (χ0v) is 11.5. The van der Waals surface area contributed by atoms with Crippen molar-refractivity contribution >= 4 is 11.9 Å². The maximum absolute atomic E-state index is 12.3. The summed E-state index contributed by atoms with van der Waals surface area (Å²) in [6.45, 7) is 4.58. The zero-order valence-electron chi connectivity index (χ0n) is 11.5. The molecular weight excluding hydrogens is 252 g/mol. The van der Waals surface area contributed by atoms with Gasteiger partial charge in [0.2, 0.25) is 5.91 Å². The molecule has 7 heteroatoms. The summed E-state index contributed by atoms with van der Waals surface area (Å²) in [6.07, 6.45) is 0. The Morgan fingerprint density at radius 1 is 1.42 bits per heavy atom. The quantitative estimate of drug-likeness (QED) is 0.659. The molecule has 1 fully saturated rings. The van der Waals surface area contributed by atoms with E-state index >= 15 is 0 Å². The Morgan fingerprint density at radius 3 is 2.58 bits per heavy atom. The lowest BCUT2D eigenvalue weighted by atomic mass is 10.2. The standard InChI is InChI=1S/C12H22N2O5/c1-10(12(17)13-4-7-19-8-5-13)14(3-6-18-2)9-11(15)16/h10H,3-9H2,1-2H3,(H,15,16). The topological polar surface area (TPSA) is 79.3 Å². The summed E-state index contributed by atoms with van der Waals surface area (Å²) in [5, 5.41) is 8.90. The molecule has 110 valence electrons. The van der Waals surface area contributed by atoms with E-state index in [0.717, 1.165) is 0 Å². The average Bonchev–Trinajstić information content (AvgIpc) is 2.42. The van der Waals surface area contributed by atoms with Crippen LogP contribution < -0.4 is 0 Å². The van der Waals surface area contributed by atoms with Gasteiger partial charge >= 0.3 is 5.97 Å². The van der Waals surface area contributed by atoms with E-state index in [1.165, 1.54) is 0 Å². The number of amides is 1. The van der Waals surface area contributed by atoms with E-state index < -0.39 is 12.0 Å². The fourth-order valence-electron chi connectivity index (χ4n) is 2.00. The molecule has 7 nitrogen and oxygen atoms in total. The molecule has 0 aromatic rings. The van der Waals surface area contributed by atoms with Crippen LogP contribution in [-0.2, 0) is 19.1 Å². The predicted molar refractivity (Wildman–Crippen MR) is 67.9 cm³/mol. The number of rotatable bonds is 7. The van der Waals surface area contributed by atoms with Crippen molar-refractivity contribution in [3.63, 3.8) is 0 Å². The normalized spacial score (nSPS) is 17.5. The van der Waals surface area contributed by atoms with Gasteiger partial charge in [-0.05, 0) is 6.92 Å². The van der Waals surface area contributed by atoms with Crippen molar-refractivity contribution < 1.29 is 24.2 Å². The monoisotopic (exact) mass is 274 g/mol. The zero-order chi connectivity index (χ0) is 14.3. The summed E-state index contributed by atoms with van der Waals surface area (Å²) in [5.74, 6) is -1.00. The molecule has 0 spiro atoms. The van der Waals surface area contributed by atoms with E-state index in [2.05, 4.69) is 0 Å². The van der Waals surface area contributed by atoms with Gasteiger partial charge in [-0.2, -0.15) is 0 Å². The van der Waals surface area contributed by atoms with Crippen molar-refractivity contribution in [3.05, 3.63) is 0 Å². The number of carbonyl (C=O) groups excluding carboxylic acids is 1. The predicted octanol–water partition coefficient (Wildman–Crippen LogP) is -0.733. The van der Waals surface area contributed by atoms with E-state index in [-0.39, 0.29) is 12.5 Å². The first-order valence-corrected chi connectivity index (χ1v) is 6.37. The lowest BCUT2D eigenvalue weighted by Crippen LogP contribution is -2.52. The molecule has 1 heterocycles. The molecule has 0 bridgehead atoms. The lowest BCUT2D eigenvalue weighted by Gasteiger charge is -2.33. The fraction of sp³-hybridized carbons (Fsp3) is 0.833. The van der Waals surface area contributed by atoms with Crippen LogP contribution in [0, 0.1) is 0 Å². The van der Waals surface area contributed by atoms with Crippen LogP contribution in [0.5, 0.6) is 0 Å². The first kappa shape index (κ1) is 15.9. The Labute approximate surface area is 113 Å². The minimum Gasteiger partial charge on any atom is -0.480 e. The van der Waals surface area contributed by atoms with Crippen LogP contribution in [0.1, 0.15) is 6.92 Å². The molecule has 1 aliphatic heterocycles. The van der Waals surface area contributed by atoms with E-state index in [1.807, 2.05) is 0 Å². The van der Waals surface area contributed by atoms with Gasteiger partial charge in [-0.1, -0.05) is 0 Å². The van der Waals surface area contributed by atoms with Crippen molar-refractivity contribution in [1.82, 2.24) is 9.80 Å². The number of hydrogen-bond acceptors (Lipinski definition) is 5. The van der Waals surface area contributed by atoms with Gasteiger partial charge in [0.05, 0.1) is 32.4 Å². The highest BCUT2D eigenvalue weighted by atomic mass is 16.5. The van der Waals surface area contributed by atoms with Crippen LogP contribution in [0.4, 0.5) is 0 Å². The highest BCUT2D eigenvalue weighted by Crippen LogP contribution is 2.06. The van der Waals surface area contributed by atoms with E-state index in [1.54, 1.807) is 23.8 Å². The number of morpholine rings is 1. The number of nitrogens with zero attached hydrogens (tertiary/aromatic N) is 2. The molecule has 19 heavy (non-hydrogen) atoms. The van der Waals surface area contributed by atoms with Crippen molar-refractivity contribution in [3.8, 4) is 0 Å². The van der Waals surface area contributed by atoms with Gasteiger partial charge in [-0.25, -0.2) is 0 Å². The number of hydrogen-bond donors (Lipinski definition) is 1. The molecule has 0 aromatic heterocycles. The molecule has 0 saturated carbocycles. The highest BCUT2D eigenvalue weighted by Gasteiger charge is 2.28. The third-order valence-corrected chi connectivity index (χ3v) is 3.15. The molecule has 1 saturated heterocycles. The number of carbonyl (C=O) groups is 2. The number of methoxy groups -OCH3 is 1. The van der Waals surface area contributed by atoms with Gasteiger partial charge in [-0.15, -0.1) is 0 Å². The molecule has 0 aromatic carbocycles. The van der Waals surface area contributed by atoms with Crippen LogP contribution >= 0.6 is 0 Å². The largest absolute Gasteiger partial charge is 0.480 e. The molecule has 0 radical (unpaired) electrons. The van der Waals surface area contributed by atoms with Crippen molar-refractivity contribution in [2.24, 2.45) is 0 Å². The summed E-state index contributed by atoms with van der Waals surface area (Å²) in [5.41, 5.74) is 0. The van der Waals surface area contributed by atoms with Crippen LogP contribution in [-0.4, -0.2) is 85.9 Å². The van der Waals surface area contributed by atoms with Gasteiger partial charge in [0.15, 0.2) is 0 Å². The maximum Gasteiger partial charge on any atom is 0.317 e. The van der Waals surface area contributed by atoms with Crippen LogP contribution in [0.3, 0.4) is 0 Å². The first-order valence-electron chi connectivity index (χ1n) is 6.37. The van der Waals surface area contributed by atoms with Crippen LogP contribution in [0.15, 0.2) is 0 Å². The summed E-state index contributed by atoms with van der Waals surface area (Å²) in [6, 6.07) is -0.468. The van der Waals surface area contributed by atoms with Gasteiger partial charge in [0, 0.05) is 26.7 Å². The Kier molecular flexibility index (Phi) is 6.75. The minimum atomic E-state index is -0.947. The summed E-state index contributed by atoms with van der Waals surface area (Å²) >= 11 is 0. The maximum atomic E-state index is 12.3. The van der Waals surface area contributed by atoms with Crippen LogP contribution in [0.2, 0.25) is 0 Å². The van der Waals surface area contributed by atoms with Crippen molar-refractivity contribution in [1.29, 1.82) is 0 Å². The van der Waals surface area contributed by atoms with Crippen LogP contribution in [0.25, 0.3) is 0 Å². The molecule has 1 amide bonds. The Bertz CT molecular complexity index is 304. The first-order chi connectivity index (χ1) is 9.06. The lowest BCUT2D eigenvalue weighted by molar-refractivity contribution is -0.144. The summed E-state index contributed by atoms with van der Waals surface area (Å²) in [4.78, 5) is 26.5. The van der Waals surface area contributed by atoms with Crippen molar-refractivity contribution in [2.75, 3.05) is 53.1 Å². The summed E-state index contributed by atoms with van der Waals surface area (Å²) in [7, 11) is 1.55. The molecule has 1 unspecified atom stereocenters. The SMILES string of the molecule is COCCN(CC(=O)O)C(C)C(=O)N1CCOCC1. The Hall–Kier alpha value is -1.18. The number of carboxylic acid groups (broad SMARTS) is 1. The highest BCUT2D eigenvalue weighted by molar-refractivity contribution is 5.82. The third kappa shape index (κ3) is 5.14. The second kappa shape index (κ2) is 8.08. The molecule has 1 atom stereocenters. The van der Waals surface area contributed by atoms with E-state index in [9.17, 15) is 9.59 Å². The fourth-order valence-corrected chi connectivity index (χ4v) is 2.00. The van der Waals surface area contributed by atoms with E-state index in [4.69, 9.17) is 14.6 Å². The van der Waals surface area contributed by atoms with Gasteiger partial charge in [0.25, 0.3) is 0 Å². The second-order valence-corrected chi connectivity index (χ2v) is 4.47. The molecular formula is C12H22N2O5. The second-order valence-electron chi connectivity index (χ2n) is 4.47. The molecule has 0 aliphatic carbocycles. The minimum absolute atomic E-state index is 0.0550. The molecule has 1 N–H and O–H groups in total. The van der Waals surface area contributed by atoms with Crippen molar-refractivity contribution in [2.45, 2.75) is 13.0 Å². The van der Waals surface area contributed by atoms with Gasteiger partial charge in [-0.3, -0.25) is 14.5 Å². The third-order valence-electron chi connectivity index (χ3n) is 3.15. The number of aliphatic carboxylic acids is 1. The van der Waals surface area contributed by atoms with Gasteiger partial charge < -0.3 is 19.5 Å². The Balaban J connectivity index is 2.59.